The van der Waals surface area contributed by atoms with Crippen LogP contribution in [0.2, 0.25) is 0 Å². The molecule has 102 valence electrons. The van der Waals surface area contributed by atoms with Gasteiger partial charge in [-0.3, -0.25) is 9.69 Å². The first kappa shape index (κ1) is 15.0. The van der Waals surface area contributed by atoms with Crippen LogP contribution in [0.25, 0.3) is 0 Å². The van der Waals surface area contributed by atoms with Crippen LogP contribution < -0.4 is 11.1 Å². The number of nitrogens with zero attached hydrogens (tertiary/aromatic N) is 1. The van der Waals surface area contributed by atoms with Crippen molar-refractivity contribution >= 4 is 5.91 Å². The number of rotatable bonds is 3. The highest BCUT2D eigenvalue weighted by Crippen LogP contribution is 2.20. The molecule has 0 aromatic carbocycles. The summed E-state index contributed by atoms with van der Waals surface area (Å²) >= 11 is 0. The first-order chi connectivity index (χ1) is 8.34. The molecule has 0 bridgehead atoms. The normalized spacial score (nSPS) is 20.2. The number of nitrogens with one attached hydrogen (secondary N) is 1. The molecule has 1 aliphatic heterocycles. The molecule has 0 aromatic heterocycles. The summed E-state index contributed by atoms with van der Waals surface area (Å²) in [5, 5.41) is 2.99. The molecular weight excluding hydrogens is 226 g/mol. The van der Waals surface area contributed by atoms with Crippen LogP contribution in [0, 0.1) is 12.3 Å². The zero-order valence-corrected chi connectivity index (χ0v) is 11.7. The first-order valence-electron chi connectivity index (χ1n) is 6.59. The lowest BCUT2D eigenvalue weighted by Gasteiger charge is -2.41. The fraction of sp³-hybridized carbons (Fsp3) is 0.786. The summed E-state index contributed by atoms with van der Waals surface area (Å²) < 4.78 is 0. The number of hydrogen-bond acceptors (Lipinski definition) is 3. The predicted molar refractivity (Wildman–Crippen MR) is 73.9 cm³/mol. The summed E-state index contributed by atoms with van der Waals surface area (Å²) in [6.45, 7) is 8.68. The van der Waals surface area contributed by atoms with Gasteiger partial charge < -0.3 is 11.1 Å². The molecule has 3 N–H and O–H groups in total. The van der Waals surface area contributed by atoms with Gasteiger partial charge >= 0.3 is 0 Å². The molecule has 0 spiro atoms. The quantitative estimate of drug-likeness (QED) is 0.727. The van der Waals surface area contributed by atoms with E-state index in [1.165, 1.54) is 0 Å². The van der Waals surface area contributed by atoms with Gasteiger partial charge in [0, 0.05) is 31.1 Å². The van der Waals surface area contributed by atoms with E-state index in [2.05, 4.69) is 36.9 Å². The predicted octanol–water partition coefficient (Wildman–Crippen LogP) is 0.716. The number of carbonyl (C=O) groups is 1. The molecule has 0 aliphatic carbocycles. The minimum atomic E-state index is -0.573. The van der Waals surface area contributed by atoms with Crippen LogP contribution >= 0.6 is 0 Å². The van der Waals surface area contributed by atoms with Gasteiger partial charge in [-0.2, -0.15) is 0 Å². The molecule has 1 atom stereocenters. The number of terminal acetylenes is 1. The number of likely N-dealkylation sites (tertiary alicyclic amines) is 1. The summed E-state index contributed by atoms with van der Waals surface area (Å²) in [7, 11) is 0. The molecule has 1 heterocycles. The van der Waals surface area contributed by atoms with Crippen LogP contribution in [-0.2, 0) is 4.79 Å². The average Bonchev–Trinajstić information content (AvgIpc) is 2.28. The smallest absolute Gasteiger partial charge is 0.238 e. The van der Waals surface area contributed by atoms with Crippen LogP contribution in [0.3, 0.4) is 0 Å². The van der Waals surface area contributed by atoms with E-state index in [1.54, 1.807) is 0 Å². The summed E-state index contributed by atoms with van der Waals surface area (Å²) in [6, 6.07) is -0.337. The van der Waals surface area contributed by atoms with Crippen molar-refractivity contribution < 1.29 is 4.79 Å². The van der Waals surface area contributed by atoms with Crippen LogP contribution in [-0.4, -0.2) is 41.5 Å². The van der Waals surface area contributed by atoms with Crippen molar-refractivity contribution in [1.82, 2.24) is 10.2 Å². The van der Waals surface area contributed by atoms with E-state index < -0.39 is 6.04 Å². The monoisotopic (exact) mass is 251 g/mol. The molecule has 0 aromatic rings. The second kappa shape index (κ2) is 6.21. The third-order valence-electron chi connectivity index (χ3n) is 3.46. The number of hydrogen-bond donors (Lipinski definition) is 2. The van der Waals surface area contributed by atoms with Crippen molar-refractivity contribution in [2.45, 2.75) is 57.7 Å². The Bertz CT molecular complexity index is 319. The van der Waals surface area contributed by atoms with Gasteiger partial charge in [-0.25, -0.2) is 0 Å². The molecule has 4 heteroatoms. The zero-order chi connectivity index (χ0) is 13.8. The number of nitrogens with two attached hydrogens (primary N) is 1. The molecular formula is C14H25N3O. The third kappa shape index (κ3) is 4.32. The van der Waals surface area contributed by atoms with E-state index >= 15 is 0 Å². The lowest BCUT2D eigenvalue weighted by atomic mass is 9.98. The van der Waals surface area contributed by atoms with Crippen molar-refractivity contribution in [2.75, 3.05) is 13.1 Å². The second-order valence-electron chi connectivity index (χ2n) is 5.96. The number of amides is 1. The van der Waals surface area contributed by atoms with E-state index in [0.29, 0.717) is 6.42 Å². The van der Waals surface area contributed by atoms with Gasteiger partial charge in [-0.15, -0.1) is 12.3 Å². The molecule has 1 amide bonds. The maximum Gasteiger partial charge on any atom is 0.238 e. The molecule has 0 saturated carbocycles. The summed E-state index contributed by atoms with van der Waals surface area (Å²) in [4.78, 5) is 14.2. The summed E-state index contributed by atoms with van der Waals surface area (Å²) in [5.74, 6) is 2.30. The van der Waals surface area contributed by atoms with Gasteiger partial charge in [0.05, 0.1) is 6.04 Å². The molecule has 0 radical (unpaired) electrons. The molecule has 4 nitrogen and oxygen atoms in total. The maximum absolute atomic E-state index is 11.7. The lowest BCUT2D eigenvalue weighted by Crippen LogP contribution is -2.53. The molecule has 1 fully saturated rings. The highest BCUT2D eigenvalue weighted by atomic mass is 16.2. The standard InChI is InChI=1S/C14H25N3O/c1-5-6-12(15)13(18)16-11-7-9-17(10-8-11)14(2,3)4/h1,11-12H,6-10,15H2,2-4H3,(H,16,18). The van der Waals surface area contributed by atoms with E-state index in [9.17, 15) is 4.79 Å². The summed E-state index contributed by atoms with van der Waals surface area (Å²) in [6.07, 6.45) is 7.40. The molecule has 1 unspecified atom stereocenters. The van der Waals surface area contributed by atoms with Gasteiger partial charge in [0.1, 0.15) is 0 Å². The van der Waals surface area contributed by atoms with Gasteiger partial charge in [-0.1, -0.05) is 0 Å². The van der Waals surface area contributed by atoms with Crippen molar-refractivity contribution in [3.63, 3.8) is 0 Å². The van der Waals surface area contributed by atoms with Crippen LogP contribution in [0.5, 0.6) is 0 Å². The van der Waals surface area contributed by atoms with Crippen LogP contribution in [0.4, 0.5) is 0 Å². The highest BCUT2D eigenvalue weighted by Gasteiger charge is 2.28. The molecule has 1 saturated heterocycles. The molecule has 1 rings (SSSR count). The largest absolute Gasteiger partial charge is 0.352 e. The first-order valence-corrected chi connectivity index (χ1v) is 6.59. The fourth-order valence-corrected chi connectivity index (χ4v) is 2.22. The minimum absolute atomic E-state index is 0.123. The average molecular weight is 251 g/mol. The lowest BCUT2D eigenvalue weighted by molar-refractivity contribution is -0.123. The van der Waals surface area contributed by atoms with Crippen molar-refractivity contribution in [3.05, 3.63) is 0 Å². The maximum atomic E-state index is 11.7. The van der Waals surface area contributed by atoms with E-state index in [0.717, 1.165) is 25.9 Å². The highest BCUT2D eigenvalue weighted by molar-refractivity contribution is 5.82. The molecule has 18 heavy (non-hydrogen) atoms. The Morgan fingerprint density at radius 2 is 2.06 bits per heavy atom. The van der Waals surface area contributed by atoms with Gasteiger partial charge in [0.2, 0.25) is 5.91 Å². The van der Waals surface area contributed by atoms with Crippen molar-refractivity contribution in [1.29, 1.82) is 0 Å². The van der Waals surface area contributed by atoms with Crippen molar-refractivity contribution in [3.8, 4) is 12.3 Å². The van der Waals surface area contributed by atoms with Gasteiger partial charge in [0.15, 0.2) is 0 Å². The van der Waals surface area contributed by atoms with E-state index in [4.69, 9.17) is 12.2 Å². The number of carbonyl (C=O) groups excluding carboxylic acids is 1. The SMILES string of the molecule is C#CCC(N)C(=O)NC1CCN(C(C)(C)C)CC1. The zero-order valence-electron chi connectivity index (χ0n) is 11.7. The van der Waals surface area contributed by atoms with Crippen LogP contribution in [0.15, 0.2) is 0 Å². The van der Waals surface area contributed by atoms with Crippen molar-refractivity contribution in [2.24, 2.45) is 5.73 Å². The Kier molecular flexibility index (Phi) is 5.18. The Hall–Kier alpha value is -1.05. The Balaban J connectivity index is 2.36. The second-order valence-corrected chi connectivity index (χ2v) is 5.96. The minimum Gasteiger partial charge on any atom is -0.352 e. The van der Waals surface area contributed by atoms with Gasteiger partial charge in [0.25, 0.3) is 0 Å². The molecule has 1 aliphatic rings. The Labute approximate surface area is 110 Å². The fourth-order valence-electron chi connectivity index (χ4n) is 2.22. The topological polar surface area (TPSA) is 58.4 Å². The Morgan fingerprint density at radius 1 is 1.50 bits per heavy atom. The van der Waals surface area contributed by atoms with Gasteiger partial charge in [-0.05, 0) is 33.6 Å². The van der Waals surface area contributed by atoms with E-state index in [-0.39, 0.29) is 17.5 Å². The Morgan fingerprint density at radius 3 is 2.50 bits per heavy atom. The van der Waals surface area contributed by atoms with E-state index in [1.807, 2.05) is 0 Å². The van der Waals surface area contributed by atoms with Crippen LogP contribution in [0.1, 0.15) is 40.0 Å². The third-order valence-corrected chi connectivity index (χ3v) is 3.46. The summed E-state index contributed by atoms with van der Waals surface area (Å²) in [5.41, 5.74) is 5.88. The number of piperidine rings is 1.